The first-order chi connectivity index (χ1) is 12.4. The molecule has 0 aliphatic carbocycles. The first-order valence-electron chi connectivity index (χ1n) is 8.31. The van der Waals surface area contributed by atoms with Gasteiger partial charge in [0.25, 0.3) is 0 Å². The number of hydroxylamine groups is 2. The van der Waals surface area contributed by atoms with Crippen LogP contribution in [0.15, 0.2) is 30.3 Å². The molecule has 0 radical (unpaired) electrons. The molecule has 0 spiro atoms. The van der Waals surface area contributed by atoms with E-state index in [9.17, 15) is 19.6 Å². The molecular formula is C18H24ClN3O4. The van der Waals surface area contributed by atoms with Crippen molar-refractivity contribution in [2.75, 3.05) is 13.1 Å². The molecular weight excluding hydrogens is 358 g/mol. The maximum atomic E-state index is 12.2. The average Bonchev–Trinajstić information content (AvgIpc) is 2.63. The van der Waals surface area contributed by atoms with Gasteiger partial charge in [-0.25, -0.2) is 5.06 Å². The summed E-state index contributed by atoms with van der Waals surface area (Å²) in [6.07, 6.45) is 3.63. The van der Waals surface area contributed by atoms with Crippen molar-refractivity contribution in [3.63, 3.8) is 0 Å². The highest BCUT2D eigenvalue weighted by Gasteiger charge is 2.20. The lowest BCUT2D eigenvalue weighted by Gasteiger charge is -2.19. The number of nitrogens with zero attached hydrogens (tertiary/aromatic N) is 1. The van der Waals surface area contributed by atoms with Crippen LogP contribution in [0.5, 0.6) is 0 Å². The number of rotatable bonds is 11. The summed E-state index contributed by atoms with van der Waals surface area (Å²) in [5.74, 6) is -1.35. The predicted octanol–water partition coefficient (Wildman–Crippen LogP) is 1.98. The van der Waals surface area contributed by atoms with E-state index >= 15 is 0 Å². The Bertz CT molecular complexity index is 646. The third-order valence-corrected chi connectivity index (χ3v) is 3.99. The summed E-state index contributed by atoms with van der Waals surface area (Å²) in [6.45, 7) is 1.63. The number of amides is 2. The van der Waals surface area contributed by atoms with Crippen LogP contribution in [0, 0.1) is 5.92 Å². The van der Waals surface area contributed by atoms with Gasteiger partial charge in [-0.3, -0.25) is 19.6 Å². The predicted molar refractivity (Wildman–Crippen MR) is 99.2 cm³/mol. The summed E-state index contributed by atoms with van der Waals surface area (Å²) in [7, 11) is 0. The molecule has 4 N–H and O–H groups in total. The monoisotopic (exact) mass is 381 g/mol. The molecule has 0 fully saturated rings. The number of benzene rings is 1. The SMILES string of the molecule is CCCCC(CN(O)C=O)C(=O)NCC(=O)/C=C(\N)c1ccc(Cl)cc1. The third kappa shape index (κ3) is 7.67. The molecule has 0 heterocycles. The molecule has 1 atom stereocenters. The van der Waals surface area contributed by atoms with Crippen LogP contribution in [0.3, 0.4) is 0 Å². The maximum absolute atomic E-state index is 12.2. The minimum Gasteiger partial charge on any atom is -0.398 e. The van der Waals surface area contributed by atoms with Crippen molar-refractivity contribution < 1.29 is 19.6 Å². The topological polar surface area (TPSA) is 113 Å². The second kappa shape index (κ2) is 11.3. The normalized spacial score (nSPS) is 12.3. The molecule has 1 aromatic carbocycles. The highest BCUT2D eigenvalue weighted by atomic mass is 35.5. The van der Waals surface area contributed by atoms with Gasteiger partial charge in [0.05, 0.1) is 19.0 Å². The van der Waals surface area contributed by atoms with E-state index in [1.165, 1.54) is 6.08 Å². The smallest absolute Gasteiger partial charge is 0.233 e. The van der Waals surface area contributed by atoms with Gasteiger partial charge in [-0.2, -0.15) is 0 Å². The molecule has 0 saturated heterocycles. The zero-order valence-corrected chi connectivity index (χ0v) is 15.4. The number of halogens is 1. The Balaban J connectivity index is 2.62. The summed E-state index contributed by atoms with van der Waals surface area (Å²) in [5, 5.41) is 12.8. The van der Waals surface area contributed by atoms with Crippen molar-refractivity contribution in [2.24, 2.45) is 11.7 Å². The van der Waals surface area contributed by atoms with Crippen molar-refractivity contribution in [1.82, 2.24) is 10.4 Å². The van der Waals surface area contributed by atoms with Crippen LogP contribution in [0.1, 0.15) is 31.7 Å². The lowest BCUT2D eigenvalue weighted by Crippen LogP contribution is -2.39. The number of hydrogen-bond acceptors (Lipinski definition) is 5. The molecule has 0 aliphatic heterocycles. The summed E-state index contributed by atoms with van der Waals surface area (Å²) in [4.78, 5) is 34.8. The van der Waals surface area contributed by atoms with Gasteiger partial charge >= 0.3 is 0 Å². The molecule has 142 valence electrons. The van der Waals surface area contributed by atoms with Gasteiger partial charge in [0.2, 0.25) is 12.3 Å². The number of ketones is 1. The molecule has 26 heavy (non-hydrogen) atoms. The fourth-order valence-electron chi connectivity index (χ4n) is 2.29. The number of hydrogen-bond donors (Lipinski definition) is 3. The number of carbonyl (C=O) groups is 3. The van der Waals surface area contributed by atoms with Gasteiger partial charge in [0.15, 0.2) is 5.78 Å². The van der Waals surface area contributed by atoms with Crippen LogP contribution in [0.4, 0.5) is 0 Å². The Labute approximate surface area is 157 Å². The molecule has 0 bridgehead atoms. The second-order valence-corrected chi connectivity index (χ2v) is 6.29. The lowest BCUT2D eigenvalue weighted by molar-refractivity contribution is -0.154. The highest BCUT2D eigenvalue weighted by molar-refractivity contribution is 6.30. The van der Waals surface area contributed by atoms with Crippen molar-refractivity contribution in [3.05, 3.63) is 40.9 Å². The number of unbranched alkanes of at least 4 members (excludes halogenated alkanes) is 1. The van der Waals surface area contributed by atoms with Gasteiger partial charge < -0.3 is 11.1 Å². The Morgan fingerprint density at radius 3 is 2.58 bits per heavy atom. The van der Waals surface area contributed by atoms with Crippen molar-refractivity contribution in [2.45, 2.75) is 26.2 Å². The molecule has 1 rings (SSSR count). The summed E-state index contributed by atoms with van der Waals surface area (Å²) >= 11 is 5.80. The Morgan fingerprint density at radius 2 is 2.00 bits per heavy atom. The minimum atomic E-state index is -0.587. The van der Waals surface area contributed by atoms with Gasteiger partial charge in [-0.05, 0) is 24.1 Å². The summed E-state index contributed by atoms with van der Waals surface area (Å²) in [6, 6.07) is 6.71. The van der Waals surface area contributed by atoms with E-state index in [0.29, 0.717) is 22.1 Å². The van der Waals surface area contributed by atoms with Gasteiger partial charge in [0, 0.05) is 16.8 Å². The van der Waals surface area contributed by atoms with Crippen LogP contribution < -0.4 is 11.1 Å². The first-order valence-corrected chi connectivity index (χ1v) is 8.69. The van der Waals surface area contributed by atoms with Crippen LogP contribution in [0.25, 0.3) is 5.70 Å². The van der Waals surface area contributed by atoms with Crippen molar-refractivity contribution in [3.8, 4) is 0 Å². The van der Waals surface area contributed by atoms with Crippen LogP contribution in [0.2, 0.25) is 5.02 Å². The summed E-state index contributed by atoms with van der Waals surface area (Å²) in [5.41, 5.74) is 6.79. The number of nitrogens with one attached hydrogen (secondary N) is 1. The molecule has 8 heteroatoms. The maximum Gasteiger partial charge on any atom is 0.233 e. The van der Waals surface area contributed by atoms with E-state index in [0.717, 1.165) is 12.8 Å². The van der Waals surface area contributed by atoms with Crippen LogP contribution in [-0.2, 0) is 14.4 Å². The quantitative estimate of drug-likeness (QED) is 0.235. The second-order valence-electron chi connectivity index (χ2n) is 5.86. The lowest BCUT2D eigenvalue weighted by atomic mass is 10.0. The minimum absolute atomic E-state index is 0.119. The van der Waals surface area contributed by atoms with Gasteiger partial charge in [-0.15, -0.1) is 0 Å². The third-order valence-electron chi connectivity index (χ3n) is 3.74. The van der Waals surface area contributed by atoms with E-state index in [2.05, 4.69) is 5.32 Å². The number of nitrogens with two attached hydrogens (primary N) is 1. The van der Waals surface area contributed by atoms with Crippen LogP contribution >= 0.6 is 11.6 Å². The number of carbonyl (C=O) groups excluding carboxylic acids is 3. The van der Waals surface area contributed by atoms with E-state index in [1.807, 2.05) is 6.92 Å². The highest BCUT2D eigenvalue weighted by Crippen LogP contribution is 2.14. The van der Waals surface area contributed by atoms with Crippen molar-refractivity contribution in [1.29, 1.82) is 0 Å². The summed E-state index contributed by atoms with van der Waals surface area (Å²) < 4.78 is 0. The standard InChI is InChI=1S/C18H24ClN3O4/c1-2-3-4-14(11-22(26)12-23)18(25)21-10-16(24)9-17(20)13-5-7-15(19)8-6-13/h5-9,12,14,26H,2-4,10-11,20H2,1H3,(H,21,25)/b17-9-. The molecule has 0 saturated carbocycles. The molecule has 0 aliphatic rings. The average molecular weight is 382 g/mol. The molecule has 7 nitrogen and oxygen atoms in total. The molecule has 1 aromatic rings. The molecule has 1 unspecified atom stereocenters. The van der Waals surface area contributed by atoms with Gasteiger partial charge in [0.1, 0.15) is 0 Å². The largest absolute Gasteiger partial charge is 0.398 e. The van der Waals surface area contributed by atoms with Gasteiger partial charge in [-0.1, -0.05) is 43.5 Å². The fraction of sp³-hybridized carbons (Fsp3) is 0.389. The van der Waals surface area contributed by atoms with Crippen LogP contribution in [-0.4, -0.2) is 41.5 Å². The van der Waals surface area contributed by atoms with E-state index in [-0.39, 0.29) is 31.0 Å². The Morgan fingerprint density at radius 1 is 1.35 bits per heavy atom. The Kier molecular flexibility index (Phi) is 9.40. The Hall–Kier alpha value is -2.38. The molecule has 0 aromatic heterocycles. The fourth-order valence-corrected chi connectivity index (χ4v) is 2.42. The van der Waals surface area contributed by atoms with E-state index in [1.54, 1.807) is 24.3 Å². The van der Waals surface area contributed by atoms with E-state index in [4.69, 9.17) is 17.3 Å². The first kappa shape index (κ1) is 21.7. The zero-order chi connectivity index (χ0) is 19.5. The molecule has 2 amide bonds. The zero-order valence-electron chi connectivity index (χ0n) is 14.7. The van der Waals surface area contributed by atoms with Crippen molar-refractivity contribution >= 4 is 35.4 Å². The van der Waals surface area contributed by atoms with E-state index < -0.39 is 11.8 Å².